The molecular formula is C35H43BrF3N5O4. The van der Waals surface area contributed by atoms with Gasteiger partial charge in [0.15, 0.2) is 6.10 Å². The Labute approximate surface area is 287 Å². The average molecular weight is 735 g/mol. The Hall–Kier alpha value is -3.32. The molecule has 0 spiro atoms. The predicted molar refractivity (Wildman–Crippen MR) is 178 cm³/mol. The molecule has 0 aromatic heterocycles. The Morgan fingerprint density at radius 2 is 1.56 bits per heavy atom. The quantitative estimate of drug-likeness (QED) is 0.363. The number of nitrogens with zero attached hydrogens (tertiary/aromatic N) is 3. The number of halogens is 4. The van der Waals surface area contributed by atoms with Gasteiger partial charge in [0, 0.05) is 55.3 Å². The van der Waals surface area contributed by atoms with Gasteiger partial charge in [-0.3, -0.25) is 4.79 Å². The van der Waals surface area contributed by atoms with Crippen LogP contribution in [0.25, 0.3) is 0 Å². The van der Waals surface area contributed by atoms with E-state index >= 15 is 0 Å². The van der Waals surface area contributed by atoms with Gasteiger partial charge in [0.2, 0.25) is 0 Å². The summed E-state index contributed by atoms with van der Waals surface area (Å²) in [5.41, 5.74) is 1.55. The van der Waals surface area contributed by atoms with Gasteiger partial charge in [-0.1, -0.05) is 40.2 Å². The summed E-state index contributed by atoms with van der Waals surface area (Å²) in [6.07, 6.45) is -0.487. The van der Waals surface area contributed by atoms with Crippen molar-refractivity contribution in [2.45, 2.75) is 69.7 Å². The molecule has 0 bridgehead atoms. The number of nitrogens with one attached hydrogen (secondary N) is 2. The molecule has 2 N–H and O–H groups in total. The molecule has 0 aliphatic carbocycles. The molecule has 2 aromatic rings. The van der Waals surface area contributed by atoms with Gasteiger partial charge in [-0.2, -0.15) is 13.2 Å². The summed E-state index contributed by atoms with van der Waals surface area (Å²) < 4.78 is 46.0. The van der Waals surface area contributed by atoms with Crippen molar-refractivity contribution in [2.24, 2.45) is 11.8 Å². The molecule has 4 aliphatic rings. The SMILES string of the molecule is O=C(O[C@H](Cc1ccc(C(F)(F)F)c(Br)c1)C(=O)N1CCC(C2CCNCC2)CC1)N1CCC(N2CCc3ccccc3NC2=O)CC1. The van der Waals surface area contributed by atoms with Crippen LogP contribution in [0.15, 0.2) is 46.9 Å². The molecular weight excluding hydrogens is 691 g/mol. The number of rotatable bonds is 6. The van der Waals surface area contributed by atoms with Crippen LogP contribution in [0.3, 0.4) is 0 Å². The number of hydrogen-bond donors (Lipinski definition) is 2. The molecule has 0 unspecified atom stereocenters. The number of alkyl halides is 3. The first-order valence-corrected chi connectivity index (χ1v) is 17.8. The largest absolute Gasteiger partial charge is 0.436 e. The minimum Gasteiger partial charge on any atom is -0.436 e. The van der Waals surface area contributed by atoms with Crippen LogP contribution in [-0.2, 0) is 28.5 Å². The van der Waals surface area contributed by atoms with E-state index in [9.17, 15) is 27.6 Å². The van der Waals surface area contributed by atoms with Crippen LogP contribution in [0.4, 0.5) is 28.4 Å². The predicted octanol–water partition coefficient (Wildman–Crippen LogP) is 6.31. The van der Waals surface area contributed by atoms with Gasteiger partial charge < -0.3 is 30.1 Å². The number of hydrogen-bond acceptors (Lipinski definition) is 5. The van der Waals surface area contributed by atoms with E-state index in [1.165, 1.54) is 12.1 Å². The highest BCUT2D eigenvalue weighted by molar-refractivity contribution is 9.10. The topological polar surface area (TPSA) is 94.2 Å². The molecule has 260 valence electrons. The van der Waals surface area contributed by atoms with E-state index in [0.29, 0.717) is 63.0 Å². The molecule has 4 aliphatic heterocycles. The number of carbonyl (C=O) groups is 3. The number of likely N-dealkylation sites (tertiary alicyclic amines) is 2. The second kappa shape index (κ2) is 15.1. The van der Waals surface area contributed by atoms with Crippen molar-refractivity contribution in [1.29, 1.82) is 0 Å². The first kappa shape index (κ1) is 34.5. The molecule has 0 saturated carbocycles. The summed E-state index contributed by atoms with van der Waals surface area (Å²) in [6, 6.07) is 11.2. The minimum atomic E-state index is -4.53. The number of carbonyl (C=O) groups excluding carboxylic acids is 3. The van der Waals surface area contributed by atoms with Crippen LogP contribution in [0.1, 0.15) is 55.2 Å². The Bertz CT molecular complexity index is 1470. The van der Waals surface area contributed by atoms with Crippen molar-refractivity contribution >= 4 is 39.6 Å². The van der Waals surface area contributed by atoms with Crippen LogP contribution in [0, 0.1) is 11.8 Å². The molecule has 2 aromatic carbocycles. The molecule has 0 radical (unpaired) electrons. The van der Waals surface area contributed by atoms with Gasteiger partial charge in [-0.25, -0.2) is 9.59 Å². The summed E-state index contributed by atoms with van der Waals surface area (Å²) in [7, 11) is 0. The summed E-state index contributed by atoms with van der Waals surface area (Å²) in [6.45, 7) is 4.44. The summed E-state index contributed by atoms with van der Waals surface area (Å²) in [5, 5.41) is 6.41. The van der Waals surface area contributed by atoms with E-state index in [2.05, 4.69) is 26.6 Å². The maximum atomic E-state index is 13.9. The van der Waals surface area contributed by atoms with E-state index in [0.717, 1.165) is 62.5 Å². The van der Waals surface area contributed by atoms with Crippen molar-refractivity contribution in [1.82, 2.24) is 20.0 Å². The average Bonchev–Trinajstić information content (AvgIpc) is 3.25. The number of fused-ring (bicyclic) bond motifs is 1. The standard InChI is InChI=1S/C35H43BrF3N5O4/c36-29-21-23(5-6-28(29)35(37,38)39)22-31(32(45)42-16-9-25(10-17-42)24-7-14-40-15-8-24)48-34(47)43-18-12-27(13-19-43)44-20-11-26-3-1-2-4-30(26)41-33(44)46/h1-6,21,24-25,27,31,40H,7-20,22H2,(H,41,46)/t31-/m1/s1. The van der Waals surface area contributed by atoms with E-state index < -0.39 is 23.9 Å². The van der Waals surface area contributed by atoms with E-state index in [-0.39, 0.29) is 28.9 Å². The van der Waals surface area contributed by atoms with Gasteiger partial charge in [0.1, 0.15) is 0 Å². The van der Waals surface area contributed by atoms with Crippen LogP contribution < -0.4 is 10.6 Å². The van der Waals surface area contributed by atoms with Crippen molar-refractivity contribution in [3.8, 4) is 0 Å². The van der Waals surface area contributed by atoms with Gasteiger partial charge in [-0.05, 0) is 99.2 Å². The summed E-state index contributed by atoms with van der Waals surface area (Å²) in [4.78, 5) is 45.6. The van der Waals surface area contributed by atoms with Gasteiger partial charge in [0.05, 0.1) is 5.56 Å². The van der Waals surface area contributed by atoms with Crippen LogP contribution in [0.5, 0.6) is 0 Å². The second-order valence-corrected chi connectivity index (χ2v) is 14.2. The van der Waals surface area contributed by atoms with Crippen molar-refractivity contribution in [2.75, 3.05) is 51.1 Å². The van der Waals surface area contributed by atoms with Crippen molar-refractivity contribution < 1.29 is 32.3 Å². The van der Waals surface area contributed by atoms with Crippen molar-refractivity contribution in [3.63, 3.8) is 0 Å². The number of benzene rings is 2. The first-order valence-electron chi connectivity index (χ1n) is 17.0. The zero-order valence-corrected chi connectivity index (χ0v) is 28.5. The fourth-order valence-corrected chi connectivity index (χ4v) is 8.36. The Balaban J connectivity index is 1.10. The lowest BCUT2D eigenvalue weighted by Crippen LogP contribution is -2.52. The van der Waals surface area contributed by atoms with E-state index in [4.69, 9.17) is 4.74 Å². The Morgan fingerprint density at radius 3 is 2.25 bits per heavy atom. The number of para-hydroxylation sites is 1. The maximum absolute atomic E-state index is 13.9. The molecule has 48 heavy (non-hydrogen) atoms. The zero-order chi connectivity index (χ0) is 33.8. The Kier molecular flexibility index (Phi) is 10.8. The summed E-state index contributed by atoms with van der Waals surface area (Å²) >= 11 is 3.03. The fraction of sp³-hybridized carbons (Fsp3) is 0.571. The number of anilines is 1. The zero-order valence-electron chi connectivity index (χ0n) is 26.9. The van der Waals surface area contributed by atoms with Gasteiger partial charge >= 0.3 is 18.3 Å². The molecule has 9 nitrogen and oxygen atoms in total. The lowest BCUT2D eigenvalue weighted by molar-refractivity contribution is -0.142. The Morgan fingerprint density at radius 1 is 0.896 bits per heavy atom. The molecule has 1 atom stereocenters. The third kappa shape index (κ3) is 8.10. The molecule has 6 rings (SSSR count). The number of amides is 4. The highest BCUT2D eigenvalue weighted by Crippen LogP contribution is 2.36. The molecule has 3 saturated heterocycles. The van der Waals surface area contributed by atoms with Crippen LogP contribution in [-0.4, -0.2) is 90.7 Å². The lowest BCUT2D eigenvalue weighted by atomic mass is 9.79. The minimum absolute atomic E-state index is 0.0412. The molecule has 3 fully saturated rings. The summed E-state index contributed by atoms with van der Waals surface area (Å²) in [5.74, 6) is 0.865. The van der Waals surface area contributed by atoms with E-state index in [1.54, 1.807) is 9.80 Å². The van der Waals surface area contributed by atoms with Crippen molar-refractivity contribution in [3.05, 3.63) is 63.6 Å². The van der Waals surface area contributed by atoms with Crippen LogP contribution in [0.2, 0.25) is 0 Å². The normalized spacial score (nSPS) is 20.9. The monoisotopic (exact) mass is 733 g/mol. The number of piperidine rings is 3. The highest BCUT2D eigenvalue weighted by atomic mass is 79.9. The first-order chi connectivity index (χ1) is 23.1. The molecule has 4 heterocycles. The number of ether oxygens (including phenoxy) is 1. The van der Waals surface area contributed by atoms with Crippen LogP contribution >= 0.6 is 15.9 Å². The third-order valence-electron chi connectivity index (χ3n) is 10.5. The van der Waals surface area contributed by atoms with E-state index in [1.807, 2.05) is 29.2 Å². The molecule has 13 heteroatoms. The second-order valence-electron chi connectivity index (χ2n) is 13.4. The van der Waals surface area contributed by atoms with Gasteiger partial charge in [0.25, 0.3) is 5.91 Å². The van der Waals surface area contributed by atoms with Gasteiger partial charge in [-0.15, -0.1) is 0 Å². The highest BCUT2D eigenvalue weighted by Gasteiger charge is 2.37. The maximum Gasteiger partial charge on any atom is 0.417 e. The fourth-order valence-electron chi connectivity index (χ4n) is 7.71. The number of urea groups is 1. The third-order valence-corrected chi connectivity index (χ3v) is 11.1. The lowest BCUT2D eigenvalue weighted by Gasteiger charge is -2.39. The smallest absolute Gasteiger partial charge is 0.417 e. The molecule has 4 amide bonds.